The quantitative estimate of drug-likeness (QED) is 0.654. The molecule has 0 aliphatic carbocycles. The lowest BCUT2D eigenvalue weighted by Gasteiger charge is -2.14. The van der Waals surface area contributed by atoms with Gasteiger partial charge in [0.15, 0.2) is 23.0 Å². The van der Waals surface area contributed by atoms with Crippen LogP contribution in [0.2, 0.25) is 0 Å². The van der Waals surface area contributed by atoms with E-state index in [-0.39, 0.29) is 33.8 Å². The Labute approximate surface area is 136 Å². The van der Waals surface area contributed by atoms with Gasteiger partial charge in [0, 0.05) is 11.1 Å². The van der Waals surface area contributed by atoms with E-state index in [1.807, 2.05) is 0 Å². The van der Waals surface area contributed by atoms with Crippen molar-refractivity contribution in [1.29, 1.82) is 0 Å². The summed E-state index contributed by atoms with van der Waals surface area (Å²) in [6.45, 7) is 0. The van der Waals surface area contributed by atoms with Crippen LogP contribution in [0.25, 0.3) is 11.1 Å². The normalized spacial score (nSPS) is 10.2. The first-order chi connectivity index (χ1) is 11.3. The Morgan fingerprint density at radius 1 is 0.750 bits per heavy atom. The average Bonchev–Trinajstić information content (AvgIpc) is 2.55. The maximum absolute atomic E-state index is 11.2. The molecule has 0 unspecified atom stereocenters. The molecule has 0 aliphatic rings. The summed E-state index contributed by atoms with van der Waals surface area (Å²) in [6, 6.07) is 4.41. The lowest BCUT2D eigenvalue weighted by Crippen LogP contribution is -2.01. The second kappa shape index (κ2) is 6.37. The molecule has 4 N–H and O–H groups in total. The minimum Gasteiger partial charge on any atom is -0.504 e. The molecule has 2 rings (SSSR count). The van der Waals surface area contributed by atoms with E-state index in [9.17, 15) is 19.8 Å². The van der Waals surface area contributed by atoms with Crippen molar-refractivity contribution in [1.82, 2.24) is 0 Å². The molecule has 0 amide bonds. The van der Waals surface area contributed by atoms with Crippen LogP contribution in [0.3, 0.4) is 0 Å². The van der Waals surface area contributed by atoms with E-state index in [2.05, 4.69) is 0 Å². The van der Waals surface area contributed by atoms with E-state index in [4.69, 9.17) is 19.7 Å². The average molecular weight is 334 g/mol. The summed E-state index contributed by atoms with van der Waals surface area (Å²) in [5.74, 6) is -3.72. The van der Waals surface area contributed by atoms with Crippen LogP contribution in [-0.4, -0.2) is 46.6 Å². The third-order valence-electron chi connectivity index (χ3n) is 3.37. The van der Waals surface area contributed by atoms with Crippen LogP contribution in [0.4, 0.5) is 0 Å². The molecule has 0 bridgehead atoms. The second-order valence-corrected chi connectivity index (χ2v) is 4.76. The number of aromatic hydroxyl groups is 2. The van der Waals surface area contributed by atoms with Gasteiger partial charge in [-0.25, -0.2) is 9.59 Å². The molecule has 0 aliphatic heterocycles. The molecule has 8 heteroatoms. The highest BCUT2D eigenvalue weighted by molar-refractivity contribution is 5.95. The predicted octanol–water partition coefficient (Wildman–Crippen LogP) is 2.18. The number of hydrogen-bond donors (Lipinski definition) is 4. The van der Waals surface area contributed by atoms with Gasteiger partial charge in [-0.3, -0.25) is 0 Å². The van der Waals surface area contributed by atoms with E-state index in [0.717, 1.165) is 24.3 Å². The number of benzene rings is 2. The number of ether oxygens (including phenoxy) is 2. The van der Waals surface area contributed by atoms with E-state index in [1.54, 1.807) is 0 Å². The predicted molar refractivity (Wildman–Crippen MR) is 82.2 cm³/mol. The molecule has 0 atom stereocenters. The van der Waals surface area contributed by atoms with Crippen LogP contribution >= 0.6 is 0 Å². The van der Waals surface area contributed by atoms with Gasteiger partial charge in [-0.15, -0.1) is 0 Å². The van der Waals surface area contributed by atoms with Crippen LogP contribution in [0.15, 0.2) is 24.3 Å². The topological polar surface area (TPSA) is 134 Å². The van der Waals surface area contributed by atoms with Gasteiger partial charge in [0.2, 0.25) is 0 Å². The number of rotatable bonds is 5. The van der Waals surface area contributed by atoms with Gasteiger partial charge >= 0.3 is 11.9 Å². The molecule has 0 radical (unpaired) electrons. The fourth-order valence-electron chi connectivity index (χ4n) is 2.18. The maximum Gasteiger partial charge on any atom is 0.335 e. The van der Waals surface area contributed by atoms with Gasteiger partial charge in [0.1, 0.15) is 0 Å². The lowest BCUT2D eigenvalue weighted by atomic mass is 9.97. The largest absolute Gasteiger partial charge is 0.504 e. The Bertz CT molecular complexity index is 756. The first-order valence-corrected chi connectivity index (χ1v) is 6.59. The second-order valence-electron chi connectivity index (χ2n) is 4.76. The zero-order chi connectivity index (χ0) is 18.0. The van der Waals surface area contributed by atoms with Crippen molar-refractivity contribution in [2.45, 2.75) is 0 Å². The number of carboxylic acids is 2. The van der Waals surface area contributed by atoms with Crippen molar-refractivity contribution in [3.63, 3.8) is 0 Å². The third kappa shape index (κ3) is 2.89. The maximum atomic E-state index is 11.2. The van der Waals surface area contributed by atoms with Crippen LogP contribution in [0.1, 0.15) is 20.7 Å². The monoisotopic (exact) mass is 334 g/mol. The van der Waals surface area contributed by atoms with E-state index in [1.165, 1.54) is 14.2 Å². The van der Waals surface area contributed by atoms with E-state index >= 15 is 0 Å². The Kier molecular flexibility index (Phi) is 4.50. The SMILES string of the molecule is COc1cc(C(=O)O)cc(-c2cc(C(=O)O)cc(OC)c2O)c1O. The van der Waals surface area contributed by atoms with Gasteiger partial charge in [0.25, 0.3) is 0 Å². The number of carbonyl (C=O) groups is 2. The summed E-state index contributed by atoms with van der Waals surface area (Å²) in [7, 11) is 2.47. The Morgan fingerprint density at radius 2 is 1.08 bits per heavy atom. The highest BCUT2D eigenvalue weighted by atomic mass is 16.5. The summed E-state index contributed by atoms with van der Waals surface area (Å²) in [6.07, 6.45) is 0. The molecule has 24 heavy (non-hydrogen) atoms. The highest BCUT2D eigenvalue weighted by Crippen LogP contribution is 2.45. The minimum atomic E-state index is -1.28. The molecular formula is C16H14O8. The van der Waals surface area contributed by atoms with Crippen LogP contribution < -0.4 is 9.47 Å². The fourth-order valence-corrected chi connectivity index (χ4v) is 2.18. The first-order valence-electron chi connectivity index (χ1n) is 6.59. The molecule has 8 nitrogen and oxygen atoms in total. The third-order valence-corrected chi connectivity index (χ3v) is 3.37. The zero-order valence-electron chi connectivity index (χ0n) is 12.7. The minimum absolute atomic E-state index is 0.106. The zero-order valence-corrected chi connectivity index (χ0v) is 12.7. The molecule has 0 aromatic heterocycles. The molecule has 2 aromatic carbocycles. The first kappa shape index (κ1) is 16.9. The molecule has 0 fully saturated rings. The Hall–Kier alpha value is -3.42. The van der Waals surface area contributed by atoms with E-state index < -0.39 is 23.4 Å². The summed E-state index contributed by atoms with van der Waals surface area (Å²) in [5.41, 5.74) is -0.631. The van der Waals surface area contributed by atoms with Crippen LogP contribution in [0, 0.1) is 0 Å². The van der Waals surface area contributed by atoms with Crippen molar-refractivity contribution < 1.29 is 39.5 Å². The number of hydrogen-bond acceptors (Lipinski definition) is 6. The van der Waals surface area contributed by atoms with Gasteiger partial charge < -0.3 is 29.9 Å². The van der Waals surface area contributed by atoms with Gasteiger partial charge in [0.05, 0.1) is 25.3 Å². The lowest BCUT2D eigenvalue weighted by molar-refractivity contribution is 0.0685. The van der Waals surface area contributed by atoms with Gasteiger partial charge in [-0.2, -0.15) is 0 Å². The molecule has 0 saturated carbocycles. The fraction of sp³-hybridized carbons (Fsp3) is 0.125. The molecule has 2 aromatic rings. The van der Waals surface area contributed by atoms with Crippen LogP contribution in [-0.2, 0) is 0 Å². The molecule has 0 spiro atoms. The van der Waals surface area contributed by atoms with Gasteiger partial charge in [-0.05, 0) is 24.3 Å². The van der Waals surface area contributed by atoms with Crippen molar-refractivity contribution in [3.8, 4) is 34.1 Å². The molecule has 0 heterocycles. The summed E-state index contributed by atoms with van der Waals surface area (Å²) >= 11 is 0. The number of methoxy groups -OCH3 is 2. The standard InChI is InChI=1S/C16H14O8/c1-23-11-5-7(15(19)20)3-9(13(11)17)10-4-8(16(21)22)6-12(24-2)14(10)18/h3-6,17-18H,1-2H3,(H,19,20)(H,21,22). The Balaban J connectivity index is 2.84. The number of phenols is 2. The van der Waals surface area contributed by atoms with Gasteiger partial charge in [-0.1, -0.05) is 0 Å². The number of carboxylic acid groups (broad SMARTS) is 2. The summed E-state index contributed by atoms with van der Waals surface area (Å²) in [5, 5.41) is 38.8. The molecular weight excluding hydrogens is 320 g/mol. The van der Waals surface area contributed by atoms with Crippen molar-refractivity contribution in [2.75, 3.05) is 14.2 Å². The van der Waals surface area contributed by atoms with Crippen molar-refractivity contribution in [2.24, 2.45) is 0 Å². The molecule has 0 saturated heterocycles. The number of aromatic carboxylic acids is 2. The molecule has 126 valence electrons. The Morgan fingerprint density at radius 3 is 1.33 bits per heavy atom. The van der Waals surface area contributed by atoms with E-state index in [0.29, 0.717) is 0 Å². The van der Waals surface area contributed by atoms with Crippen molar-refractivity contribution >= 4 is 11.9 Å². The highest BCUT2D eigenvalue weighted by Gasteiger charge is 2.22. The number of phenolic OH excluding ortho intramolecular Hbond substituents is 2. The van der Waals surface area contributed by atoms with Crippen LogP contribution in [0.5, 0.6) is 23.0 Å². The summed E-state index contributed by atoms with van der Waals surface area (Å²) < 4.78 is 9.86. The van der Waals surface area contributed by atoms with Crippen molar-refractivity contribution in [3.05, 3.63) is 35.4 Å². The smallest absolute Gasteiger partial charge is 0.335 e. The summed E-state index contributed by atoms with van der Waals surface area (Å²) in [4.78, 5) is 22.5.